The van der Waals surface area contributed by atoms with Crippen LogP contribution in [0.15, 0.2) is 200 Å². The van der Waals surface area contributed by atoms with Gasteiger partial charge in [-0.05, 0) is 167 Å². The van der Waals surface area contributed by atoms with E-state index in [9.17, 15) is 0 Å². The lowest BCUT2D eigenvalue weighted by molar-refractivity contribution is -0.00518. The van der Waals surface area contributed by atoms with Crippen molar-refractivity contribution < 1.29 is 0 Å². The molecule has 2 heteroatoms. The van der Waals surface area contributed by atoms with E-state index in [2.05, 4.69) is 210 Å². The molecule has 0 amide bonds. The summed E-state index contributed by atoms with van der Waals surface area (Å²) in [5, 5.41) is 2.52. The largest absolute Gasteiger partial charge is 0.311 e. The average Bonchev–Trinajstić information content (AvgIpc) is 3.80. The lowest BCUT2D eigenvalue weighted by Crippen LogP contribution is -2.48. The molecule has 4 saturated carbocycles. The molecule has 0 atom stereocenters. The molecule has 0 radical (unpaired) electrons. The van der Waals surface area contributed by atoms with Gasteiger partial charge in [-0.2, -0.15) is 0 Å². The van der Waals surface area contributed by atoms with Crippen molar-refractivity contribution in [1.29, 1.82) is 0 Å². The van der Waals surface area contributed by atoms with Crippen LogP contribution in [-0.2, 0) is 10.8 Å². The lowest BCUT2D eigenvalue weighted by atomic mass is 9.48. The van der Waals surface area contributed by atoms with Crippen LogP contribution in [-0.4, -0.2) is 4.57 Å². The molecule has 61 heavy (non-hydrogen) atoms. The number of aromatic nitrogens is 1. The van der Waals surface area contributed by atoms with Crippen LogP contribution in [0.25, 0.3) is 38.6 Å². The number of benzene rings is 8. The Labute approximate surface area is 358 Å². The van der Waals surface area contributed by atoms with E-state index in [0.717, 1.165) is 29.1 Å². The summed E-state index contributed by atoms with van der Waals surface area (Å²) in [6, 6.07) is 75.2. The van der Waals surface area contributed by atoms with Gasteiger partial charge in [-0.15, -0.1) is 0 Å². The van der Waals surface area contributed by atoms with Crippen LogP contribution in [0.3, 0.4) is 0 Å². The summed E-state index contributed by atoms with van der Waals surface area (Å²) in [5.41, 5.74) is 16.5. The van der Waals surface area contributed by atoms with Crippen LogP contribution in [0, 0.1) is 17.8 Å². The number of rotatable bonds is 7. The topological polar surface area (TPSA) is 8.17 Å². The van der Waals surface area contributed by atoms with Gasteiger partial charge in [0.2, 0.25) is 0 Å². The summed E-state index contributed by atoms with van der Waals surface area (Å²) in [5.74, 6) is 2.82. The number of fused-ring (bicyclic) bond motifs is 6. The predicted octanol–water partition coefficient (Wildman–Crippen LogP) is 15.1. The van der Waals surface area contributed by atoms with Crippen LogP contribution in [0.2, 0.25) is 0 Å². The predicted molar refractivity (Wildman–Crippen MR) is 253 cm³/mol. The first-order valence-electron chi connectivity index (χ1n) is 22.5. The zero-order chi connectivity index (χ0) is 40.1. The van der Waals surface area contributed by atoms with Crippen molar-refractivity contribution in [3.8, 4) is 16.8 Å². The number of para-hydroxylation sites is 2. The van der Waals surface area contributed by atoms with Crippen molar-refractivity contribution in [2.24, 2.45) is 17.8 Å². The van der Waals surface area contributed by atoms with E-state index in [-0.39, 0.29) is 0 Å². The minimum Gasteiger partial charge on any atom is -0.311 e. The fourth-order valence-corrected chi connectivity index (χ4v) is 13.4. The van der Waals surface area contributed by atoms with Crippen molar-refractivity contribution in [3.63, 3.8) is 0 Å². The molecule has 0 saturated heterocycles. The summed E-state index contributed by atoms with van der Waals surface area (Å²) in [6.07, 6.45) is 8.60. The van der Waals surface area contributed by atoms with Crippen LogP contribution >= 0.6 is 0 Å². The van der Waals surface area contributed by atoms with Gasteiger partial charge >= 0.3 is 0 Å². The van der Waals surface area contributed by atoms with E-state index in [1.54, 1.807) is 5.56 Å². The van der Waals surface area contributed by atoms with Gasteiger partial charge in [0.05, 0.1) is 16.4 Å². The Kier molecular flexibility index (Phi) is 7.74. The number of nitrogens with zero attached hydrogens (tertiary/aromatic N) is 2. The zero-order valence-corrected chi connectivity index (χ0v) is 34.4. The Morgan fingerprint density at radius 3 is 1.52 bits per heavy atom. The molecular formula is C59H48N2. The summed E-state index contributed by atoms with van der Waals surface area (Å²) < 4.78 is 2.46. The molecule has 0 unspecified atom stereocenters. The molecule has 0 N–H and O–H groups in total. The van der Waals surface area contributed by atoms with Crippen molar-refractivity contribution in [2.45, 2.75) is 49.4 Å². The van der Waals surface area contributed by atoms with E-state index >= 15 is 0 Å². The second-order valence-electron chi connectivity index (χ2n) is 18.7. The van der Waals surface area contributed by atoms with Gasteiger partial charge in [0, 0.05) is 33.5 Å². The highest BCUT2D eigenvalue weighted by Gasteiger charge is 2.51. The second-order valence-corrected chi connectivity index (χ2v) is 18.7. The van der Waals surface area contributed by atoms with E-state index in [1.807, 2.05) is 0 Å². The average molecular weight is 785 g/mol. The SMILES string of the molecule is c1ccc(N(c2ccc(-n3c4ccccc4c4cc(C5(c6ccccc6)c6ccccc6-c6ccccc65)ccc43)cc2)c2ccc(C34CC5CC(CC(C5)C3)C4)cc2)cc1. The molecule has 2 nitrogen and oxygen atoms in total. The molecule has 14 rings (SSSR count). The fourth-order valence-electron chi connectivity index (χ4n) is 13.4. The number of anilines is 3. The third kappa shape index (κ3) is 5.21. The smallest absolute Gasteiger partial charge is 0.0713 e. The van der Waals surface area contributed by atoms with Crippen molar-refractivity contribution in [2.75, 3.05) is 4.90 Å². The normalized spacial score (nSPS) is 21.7. The van der Waals surface area contributed by atoms with Gasteiger partial charge in [0.15, 0.2) is 0 Å². The maximum Gasteiger partial charge on any atom is 0.0713 e. The Morgan fingerprint density at radius 2 is 0.885 bits per heavy atom. The maximum absolute atomic E-state index is 2.48. The lowest BCUT2D eigenvalue weighted by Gasteiger charge is -2.57. The summed E-state index contributed by atoms with van der Waals surface area (Å²) in [6.45, 7) is 0. The van der Waals surface area contributed by atoms with Crippen LogP contribution in [0.4, 0.5) is 17.1 Å². The summed E-state index contributed by atoms with van der Waals surface area (Å²) >= 11 is 0. The van der Waals surface area contributed by atoms with Crippen molar-refractivity contribution in [1.82, 2.24) is 4.57 Å². The zero-order valence-electron chi connectivity index (χ0n) is 34.4. The van der Waals surface area contributed by atoms with Crippen molar-refractivity contribution in [3.05, 3.63) is 228 Å². The second kappa shape index (κ2) is 13.4. The Hall–Kier alpha value is -6.64. The molecule has 1 aromatic heterocycles. The number of hydrogen-bond donors (Lipinski definition) is 0. The van der Waals surface area contributed by atoms with Gasteiger partial charge < -0.3 is 9.47 Å². The summed E-state index contributed by atoms with van der Waals surface area (Å²) in [7, 11) is 0. The van der Waals surface area contributed by atoms with Gasteiger partial charge in [0.25, 0.3) is 0 Å². The van der Waals surface area contributed by atoms with Crippen LogP contribution in [0.5, 0.6) is 0 Å². The monoisotopic (exact) mass is 784 g/mol. The molecule has 1 heterocycles. The van der Waals surface area contributed by atoms with Crippen LogP contribution < -0.4 is 4.90 Å². The molecule has 0 spiro atoms. The minimum absolute atomic E-state index is 0.393. The van der Waals surface area contributed by atoms with Gasteiger partial charge in [-0.25, -0.2) is 0 Å². The highest BCUT2D eigenvalue weighted by molar-refractivity contribution is 6.10. The molecule has 4 fully saturated rings. The highest BCUT2D eigenvalue weighted by Crippen LogP contribution is 2.61. The first-order chi connectivity index (χ1) is 30.2. The fraction of sp³-hybridized carbons (Fsp3) is 0.186. The quantitative estimate of drug-likeness (QED) is 0.156. The molecule has 5 aliphatic carbocycles. The number of hydrogen-bond acceptors (Lipinski definition) is 1. The molecule has 0 aliphatic heterocycles. The third-order valence-electron chi connectivity index (χ3n) is 15.4. The van der Waals surface area contributed by atoms with E-state index in [0.29, 0.717) is 5.41 Å². The molecule has 8 aromatic carbocycles. The maximum atomic E-state index is 2.48. The highest BCUT2D eigenvalue weighted by atomic mass is 15.1. The van der Waals surface area contributed by atoms with E-state index in [1.165, 1.54) is 105 Å². The standard InChI is InChI=1S/C59H48N2/c1-3-13-44(14-4-1)59(54-20-10-7-17-50(54)51-18-8-11-21-55(51)59)45-25-32-57-53(36-45)52-19-9-12-22-56(52)61(57)49-30-28-48(29-31-49)60(46-15-5-2-6-16-46)47-26-23-43(24-27-47)58-37-40-33-41(38-58)35-42(34-40)39-58/h1-32,36,40-42H,33-35,37-39H2. The molecule has 294 valence electrons. The summed E-state index contributed by atoms with van der Waals surface area (Å²) in [4.78, 5) is 2.42. The first kappa shape index (κ1) is 35.1. The molecule has 9 aromatic rings. The van der Waals surface area contributed by atoms with Gasteiger partial charge in [0.1, 0.15) is 0 Å². The van der Waals surface area contributed by atoms with Gasteiger partial charge in [-0.1, -0.05) is 133 Å². The first-order valence-corrected chi connectivity index (χ1v) is 22.5. The van der Waals surface area contributed by atoms with E-state index in [4.69, 9.17) is 0 Å². The molecule has 5 aliphatic rings. The Morgan fingerprint density at radius 1 is 0.393 bits per heavy atom. The van der Waals surface area contributed by atoms with E-state index < -0.39 is 5.41 Å². The van der Waals surface area contributed by atoms with Crippen molar-refractivity contribution >= 4 is 38.9 Å². The molecule has 4 bridgehead atoms. The van der Waals surface area contributed by atoms with Crippen LogP contribution in [0.1, 0.15) is 66.3 Å². The van der Waals surface area contributed by atoms with Gasteiger partial charge in [-0.3, -0.25) is 0 Å². The third-order valence-corrected chi connectivity index (χ3v) is 15.4. The Balaban J connectivity index is 0.920. The molecular weight excluding hydrogens is 737 g/mol. The minimum atomic E-state index is -0.443. The Bertz CT molecular complexity index is 3020.